The molecule has 1 aromatic heterocycles. The average molecular weight is 283 g/mol. The topological polar surface area (TPSA) is 87.2 Å². The van der Waals surface area contributed by atoms with Gasteiger partial charge in [-0.1, -0.05) is 18.3 Å². The third-order valence-corrected chi connectivity index (χ3v) is 4.01. The minimum Gasteiger partial charge on any atom is -0.360 e. The van der Waals surface area contributed by atoms with Crippen molar-refractivity contribution < 1.29 is 9.59 Å². The summed E-state index contributed by atoms with van der Waals surface area (Å²) in [5.41, 5.74) is -0.799. The number of nitrogens with one attached hydrogen (secondary N) is 2. The number of amides is 3. The van der Waals surface area contributed by atoms with Crippen molar-refractivity contribution in [3.8, 4) is 0 Å². The van der Waals surface area contributed by atoms with Gasteiger partial charge in [-0.3, -0.25) is 9.69 Å². The van der Waals surface area contributed by atoms with Crippen molar-refractivity contribution in [2.24, 2.45) is 0 Å². The maximum Gasteiger partial charge on any atom is 0.325 e. The molecule has 8 heteroatoms. The molecule has 0 radical (unpaired) electrons. The monoisotopic (exact) mass is 283 g/mol. The van der Waals surface area contributed by atoms with Crippen LogP contribution in [0.4, 0.5) is 9.93 Å². The SMILES string of the molecule is CCNc1nnc(CN2C(=O)NC(C)(CC)C2=O)s1. The highest BCUT2D eigenvalue weighted by Crippen LogP contribution is 2.24. The third kappa shape index (κ3) is 2.53. The van der Waals surface area contributed by atoms with Gasteiger partial charge in [-0.2, -0.15) is 0 Å². The van der Waals surface area contributed by atoms with E-state index in [2.05, 4.69) is 20.8 Å². The summed E-state index contributed by atoms with van der Waals surface area (Å²) < 4.78 is 0. The maximum atomic E-state index is 12.2. The Morgan fingerprint density at radius 2 is 2.11 bits per heavy atom. The lowest BCUT2D eigenvalue weighted by Gasteiger charge is -2.18. The maximum absolute atomic E-state index is 12.2. The number of carbonyl (C=O) groups excluding carboxylic acids is 2. The highest BCUT2D eigenvalue weighted by atomic mass is 32.1. The van der Waals surface area contributed by atoms with Crippen LogP contribution in [0.2, 0.25) is 0 Å². The van der Waals surface area contributed by atoms with E-state index in [9.17, 15) is 9.59 Å². The van der Waals surface area contributed by atoms with Gasteiger partial charge < -0.3 is 10.6 Å². The van der Waals surface area contributed by atoms with Gasteiger partial charge in [0.1, 0.15) is 10.5 Å². The number of hydrogen-bond acceptors (Lipinski definition) is 6. The fraction of sp³-hybridized carbons (Fsp3) is 0.636. The first-order chi connectivity index (χ1) is 9.00. The first-order valence-corrected chi connectivity index (χ1v) is 7.02. The van der Waals surface area contributed by atoms with Gasteiger partial charge in [0.15, 0.2) is 0 Å². The normalized spacial score (nSPS) is 22.8. The Hall–Kier alpha value is -1.70. The lowest BCUT2D eigenvalue weighted by Crippen LogP contribution is -2.43. The minimum atomic E-state index is -0.799. The molecule has 0 saturated carbocycles. The van der Waals surface area contributed by atoms with Crippen molar-refractivity contribution in [1.29, 1.82) is 0 Å². The molecule has 0 aromatic carbocycles. The molecule has 19 heavy (non-hydrogen) atoms. The van der Waals surface area contributed by atoms with Crippen LogP contribution in [0.15, 0.2) is 0 Å². The van der Waals surface area contributed by atoms with Crippen molar-refractivity contribution in [3.05, 3.63) is 5.01 Å². The van der Waals surface area contributed by atoms with Crippen LogP contribution in [-0.4, -0.2) is 39.1 Å². The van der Waals surface area contributed by atoms with Crippen molar-refractivity contribution in [3.63, 3.8) is 0 Å². The van der Waals surface area contributed by atoms with Crippen LogP contribution in [0.5, 0.6) is 0 Å². The Morgan fingerprint density at radius 3 is 2.68 bits per heavy atom. The molecule has 104 valence electrons. The number of hydrogen-bond donors (Lipinski definition) is 2. The standard InChI is InChI=1S/C11H17N5O2S/c1-4-11(3)8(17)16(10(18)13-11)6-7-14-15-9(19-7)12-5-2/h4-6H2,1-3H3,(H,12,15)(H,13,18). The largest absolute Gasteiger partial charge is 0.360 e. The van der Waals surface area contributed by atoms with Gasteiger partial charge in [-0.15, -0.1) is 10.2 Å². The molecule has 0 aliphatic carbocycles. The van der Waals surface area contributed by atoms with E-state index < -0.39 is 5.54 Å². The van der Waals surface area contributed by atoms with Crippen LogP contribution in [0, 0.1) is 0 Å². The van der Waals surface area contributed by atoms with E-state index in [0.29, 0.717) is 16.6 Å². The number of anilines is 1. The second-order valence-electron chi connectivity index (χ2n) is 4.54. The predicted molar refractivity (Wildman–Crippen MR) is 71.9 cm³/mol. The first-order valence-electron chi connectivity index (χ1n) is 6.20. The van der Waals surface area contributed by atoms with Crippen molar-refractivity contribution in [2.45, 2.75) is 39.3 Å². The van der Waals surface area contributed by atoms with Crippen LogP contribution in [-0.2, 0) is 11.3 Å². The zero-order valence-corrected chi connectivity index (χ0v) is 12.0. The summed E-state index contributed by atoms with van der Waals surface area (Å²) in [6, 6.07) is -0.366. The summed E-state index contributed by atoms with van der Waals surface area (Å²) >= 11 is 1.35. The highest BCUT2D eigenvalue weighted by molar-refractivity contribution is 7.15. The highest BCUT2D eigenvalue weighted by Gasteiger charge is 2.46. The van der Waals surface area contributed by atoms with Crippen molar-refractivity contribution in [2.75, 3.05) is 11.9 Å². The van der Waals surface area contributed by atoms with E-state index in [-0.39, 0.29) is 18.5 Å². The van der Waals surface area contributed by atoms with Crippen LogP contribution < -0.4 is 10.6 Å². The number of carbonyl (C=O) groups is 2. The van der Waals surface area contributed by atoms with E-state index in [1.807, 2.05) is 13.8 Å². The van der Waals surface area contributed by atoms with E-state index >= 15 is 0 Å². The van der Waals surface area contributed by atoms with Gasteiger partial charge in [0.05, 0.1) is 6.54 Å². The second kappa shape index (κ2) is 5.12. The molecule has 1 aliphatic rings. The lowest BCUT2D eigenvalue weighted by molar-refractivity contribution is -0.131. The van der Waals surface area contributed by atoms with Crippen LogP contribution >= 0.6 is 11.3 Å². The van der Waals surface area contributed by atoms with Gasteiger partial charge in [-0.25, -0.2) is 4.79 Å². The molecule has 1 unspecified atom stereocenters. The van der Waals surface area contributed by atoms with Crippen LogP contribution in [0.25, 0.3) is 0 Å². The first kappa shape index (κ1) is 13.7. The fourth-order valence-corrected chi connectivity index (χ4v) is 2.60. The Kier molecular flexibility index (Phi) is 3.70. The molecule has 1 aromatic rings. The lowest BCUT2D eigenvalue weighted by atomic mass is 9.99. The van der Waals surface area contributed by atoms with Crippen molar-refractivity contribution >= 4 is 28.4 Å². The molecule has 2 rings (SSSR count). The van der Waals surface area contributed by atoms with Gasteiger partial charge in [0.25, 0.3) is 5.91 Å². The minimum absolute atomic E-state index is 0.170. The van der Waals surface area contributed by atoms with Gasteiger partial charge in [-0.05, 0) is 20.3 Å². The molecule has 0 bridgehead atoms. The second-order valence-corrected chi connectivity index (χ2v) is 5.60. The number of imide groups is 1. The molecular formula is C11H17N5O2S. The molecular weight excluding hydrogens is 266 g/mol. The quantitative estimate of drug-likeness (QED) is 0.793. The molecule has 1 atom stereocenters. The number of nitrogens with zero attached hydrogens (tertiary/aromatic N) is 3. The molecule has 7 nitrogen and oxygen atoms in total. The van der Waals surface area contributed by atoms with Gasteiger partial charge in [0, 0.05) is 6.54 Å². The molecule has 0 spiro atoms. The Labute approximate surface area is 115 Å². The molecule has 2 heterocycles. The fourth-order valence-electron chi connectivity index (χ4n) is 1.81. The van der Waals surface area contributed by atoms with Gasteiger partial charge in [0.2, 0.25) is 5.13 Å². The van der Waals surface area contributed by atoms with E-state index in [1.54, 1.807) is 6.92 Å². The van der Waals surface area contributed by atoms with Crippen molar-refractivity contribution in [1.82, 2.24) is 20.4 Å². The predicted octanol–water partition coefficient (Wildman–Crippen LogP) is 1.19. The zero-order valence-electron chi connectivity index (χ0n) is 11.2. The molecule has 1 saturated heterocycles. The number of rotatable bonds is 5. The van der Waals surface area contributed by atoms with E-state index in [1.165, 1.54) is 16.2 Å². The van der Waals surface area contributed by atoms with Crippen LogP contribution in [0.1, 0.15) is 32.2 Å². The Bertz CT molecular complexity index is 503. The summed E-state index contributed by atoms with van der Waals surface area (Å²) in [5.74, 6) is -0.208. The number of urea groups is 1. The summed E-state index contributed by atoms with van der Waals surface area (Å²) in [5, 5.41) is 15.0. The smallest absolute Gasteiger partial charge is 0.325 e. The summed E-state index contributed by atoms with van der Waals surface area (Å²) in [7, 11) is 0. The molecule has 1 aliphatic heterocycles. The Balaban J connectivity index is 2.10. The zero-order chi connectivity index (χ0) is 14.0. The Morgan fingerprint density at radius 1 is 1.37 bits per heavy atom. The van der Waals surface area contributed by atoms with Crippen LogP contribution in [0.3, 0.4) is 0 Å². The third-order valence-electron chi connectivity index (χ3n) is 3.14. The number of aromatic nitrogens is 2. The van der Waals surface area contributed by atoms with Gasteiger partial charge >= 0.3 is 6.03 Å². The summed E-state index contributed by atoms with van der Waals surface area (Å²) in [6.45, 7) is 6.49. The summed E-state index contributed by atoms with van der Waals surface area (Å²) in [4.78, 5) is 25.2. The average Bonchev–Trinajstić information content (AvgIpc) is 2.90. The molecule has 2 N–H and O–H groups in total. The molecule has 3 amide bonds. The van der Waals surface area contributed by atoms with E-state index in [4.69, 9.17) is 0 Å². The molecule has 1 fully saturated rings. The summed E-state index contributed by atoms with van der Waals surface area (Å²) in [6.07, 6.45) is 0.562. The van der Waals surface area contributed by atoms with E-state index in [0.717, 1.165) is 6.54 Å².